The van der Waals surface area contributed by atoms with E-state index >= 15 is 0 Å². The zero-order valence-corrected chi connectivity index (χ0v) is 17.9. The molecule has 0 heterocycles. The maximum atomic E-state index is 12.5. The Morgan fingerprint density at radius 3 is 2.14 bits per heavy atom. The number of benzene rings is 2. The minimum Gasteiger partial charge on any atom is -0.495 e. The van der Waals surface area contributed by atoms with Crippen molar-refractivity contribution in [3.63, 3.8) is 0 Å². The molecular formula is C21H25NO6S. The van der Waals surface area contributed by atoms with Crippen LogP contribution in [0.1, 0.15) is 40.1 Å². The molecule has 0 N–H and O–H groups in total. The lowest BCUT2D eigenvalue weighted by Gasteiger charge is -2.16. The molecule has 156 valence electrons. The van der Waals surface area contributed by atoms with Gasteiger partial charge in [0.15, 0.2) is 6.10 Å². The van der Waals surface area contributed by atoms with Crippen molar-refractivity contribution in [3.05, 3.63) is 59.2 Å². The molecule has 0 bridgehead atoms. The third-order valence-corrected chi connectivity index (χ3v) is 6.29. The van der Waals surface area contributed by atoms with Gasteiger partial charge in [0.05, 0.1) is 12.7 Å². The average molecular weight is 419 g/mol. The number of esters is 1. The Bertz CT molecular complexity index is 996. The first-order chi connectivity index (χ1) is 13.6. The van der Waals surface area contributed by atoms with Crippen LogP contribution < -0.4 is 4.74 Å². The monoisotopic (exact) mass is 419 g/mol. The molecule has 0 amide bonds. The van der Waals surface area contributed by atoms with Gasteiger partial charge >= 0.3 is 5.97 Å². The molecule has 0 fully saturated rings. The van der Waals surface area contributed by atoms with Gasteiger partial charge in [0.2, 0.25) is 15.8 Å². The smallest absolute Gasteiger partial charge is 0.338 e. The fourth-order valence-electron chi connectivity index (χ4n) is 2.62. The fraction of sp³-hybridized carbons (Fsp3) is 0.333. The summed E-state index contributed by atoms with van der Waals surface area (Å²) < 4.78 is 36.4. The van der Waals surface area contributed by atoms with E-state index in [1.54, 1.807) is 12.1 Å². The Morgan fingerprint density at radius 2 is 1.62 bits per heavy atom. The second-order valence-corrected chi connectivity index (χ2v) is 8.74. The molecule has 0 saturated carbocycles. The molecule has 2 rings (SSSR count). The molecule has 0 aliphatic heterocycles. The largest absolute Gasteiger partial charge is 0.495 e. The van der Waals surface area contributed by atoms with Gasteiger partial charge in [0.1, 0.15) is 10.6 Å². The number of sulfonamides is 1. The van der Waals surface area contributed by atoms with Crippen LogP contribution in [0, 0.1) is 0 Å². The Balaban J connectivity index is 2.24. The predicted octanol–water partition coefficient (Wildman–Crippen LogP) is 2.94. The maximum absolute atomic E-state index is 12.5. The van der Waals surface area contributed by atoms with Gasteiger partial charge in [-0.3, -0.25) is 4.79 Å². The van der Waals surface area contributed by atoms with Crippen LogP contribution in [0.3, 0.4) is 0 Å². The Labute approximate surface area is 171 Å². The molecule has 29 heavy (non-hydrogen) atoms. The number of carbonyl (C=O) groups excluding carboxylic acids is 2. The van der Waals surface area contributed by atoms with Gasteiger partial charge in [0, 0.05) is 19.7 Å². The number of ether oxygens (including phenoxy) is 2. The van der Waals surface area contributed by atoms with Gasteiger partial charge < -0.3 is 9.47 Å². The van der Waals surface area contributed by atoms with Crippen LogP contribution in [-0.4, -0.2) is 51.8 Å². The van der Waals surface area contributed by atoms with E-state index in [9.17, 15) is 18.0 Å². The van der Waals surface area contributed by atoms with Crippen LogP contribution in [-0.2, 0) is 21.2 Å². The highest BCUT2D eigenvalue weighted by Crippen LogP contribution is 2.27. The van der Waals surface area contributed by atoms with Crippen molar-refractivity contribution in [1.82, 2.24) is 4.31 Å². The molecule has 2 aromatic rings. The molecule has 0 aliphatic rings. The number of ketones is 1. The molecule has 0 aromatic heterocycles. The van der Waals surface area contributed by atoms with E-state index in [1.807, 2.05) is 19.1 Å². The molecule has 8 heteroatoms. The molecule has 1 atom stereocenters. The fourth-order valence-corrected chi connectivity index (χ4v) is 3.70. The molecule has 0 radical (unpaired) electrons. The van der Waals surface area contributed by atoms with Gasteiger partial charge in [-0.05, 0) is 37.1 Å². The van der Waals surface area contributed by atoms with Gasteiger partial charge in [-0.2, -0.15) is 0 Å². The van der Waals surface area contributed by atoms with Crippen LogP contribution in [0.4, 0.5) is 0 Å². The number of hydrogen-bond acceptors (Lipinski definition) is 6. The highest BCUT2D eigenvalue weighted by molar-refractivity contribution is 7.89. The van der Waals surface area contributed by atoms with Gasteiger partial charge in [-0.15, -0.1) is 0 Å². The van der Waals surface area contributed by atoms with Crippen molar-refractivity contribution in [2.75, 3.05) is 21.2 Å². The van der Waals surface area contributed by atoms with Crippen molar-refractivity contribution in [2.24, 2.45) is 0 Å². The minimum atomic E-state index is -3.84. The molecule has 0 unspecified atom stereocenters. The van der Waals surface area contributed by atoms with E-state index in [-0.39, 0.29) is 22.0 Å². The van der Waals surface area contributed by atoms with Crippen molar-refractivity contribution < 1.29 is 27.5 Å². The summed E-state index contributed by atoms with van der Waals surface area (Å²) >= 11 is 0. The summed E-state index contributed by atoms with van der Waals surface area (Å²) in [5, 5.41) is 0. The lowest BCUT2D eigenvalue weighted by Crippen LogP contribution is -2.25. The van der Waals surface area contributed by atoms with Crippen molar-refractivity contribution in [2.45, 2.75) is 31.3 Å². The van der Waals surface area contributed by atoms with Crippen molar-refractivity contribution >= 4 is 21.8 Å². The second-order valence-electron chi connectivity index (χ2n) is 6.62. The molecule has 0 saturated heterocycles. The lowest BCUT2D eigenvalue weighted by atomic mass is 10.0. The summed E-state index contributed by atoms with van der Waals surface area (Å²) in [7, 11) is 0.262. The molecule has 0 spiro atoms. The number of hydrogen-bond donors (Lipinski definition) is 0. The summed E-state index contributed by atoms with van der Waals surface area (Å²) in [6.07, 6.45) is -0.166. The summed E-state index contributed by atoms with van der Waals surface area (Å²) in [4.78, 5) is 24.9. The van der Waals surface area contributed by atoms with E-state index in [2.05, 4.69) is 0 Å². The van der Waals surface area contributed by atoms with Gasteiger partial charge in [-0.1, -0.05) is 31.2 Å². The number of methoxy groups -OCH3 is 1. The third-order valence-electron chi connectivity index (χ3n) is 4.46. The zero-order chi connectivity index (χ0) is 21.8. The Morgan fingerprint density at radius 1 is 1.03 bits per heavy atom. The molecule has 7 nitrogen and oxygen atoms in total. The lowest BCUT2D eigenvalue weighted by molar-refractivity contribution is 0.0318. The summed E-state index contributed by atoms with van der Waals surface area (Å²) in [5.41, 5.74) is 1.54. The topological polar surface area (TPSA) is 90.0 Å². The van der Waals surface area contributed by atoms with Crippen LogP contribution in [0.5, 0.6) is 5.75 Å². The highest BCUT2D eigenvalue weighted by atomic mass is 32.2. The molecular weight excluding hydrogens is 394 g/mol. The number of aryl methyl sites for hydroxylation is 1. The molecule has 2 aromatic carbocycles. The minimum absolute atomic E-state index is 0.00667. The first-order valence-electron chi connectivity index (χ1n) is 9.06. The van der Waals surface area contributed by atoms with E-state index in [1.165, 1.54) is 46.3 Å². The van der Waals surface area contributed by atoms with E-state index < -0.39 is 22.1 Å². The Kier molecular flexibility index (Phi) is 7.16. The summed E-state index contributed by atoms with van der Waals surface area (Å²) in [5.74, 6) is -1.03. The quantitative estimate of drug-likeness (QED) is 0.483. The highest BCUT2D eigenvalue weighted by Gasteiger charge is 2.26. The number of carbonyl (C=O) groups is 2. The number of Topliss-reactive ketones (excluding diaryl/α,β-unsaturated/α-hetero) is 1. The summed E-state index contributed by atoms with van der Waals surface area (Å²) in [6.45, 7) is 3.50. The average Bonchev–Trinajstić information content (AvgIpc) is 2.72. The van der Waals surface area contributed by atoms with E-state index in [4.69, 9.17) is 9.47 Å². The van der Waals surface area contributed by atoms with Crippen LogP contribution >= 0.6 is 0 Å². The van der Waals surface area contributed by atoms with Gasteiger partial charge in [0.25, 0.3) is 0 Å². The van der Waals surface area contributed by atoms with Crippen molar-refractivity contribution in [1.29, 1.82) is 0 Å². The number of rotatable bonds is 8. The predicted molar refractivity (Wildman–Crippen MR) is 109 cm³/mol. The van der Waals surface area contributed by atoms with Crippen LogP contribution in [0.15, 0.2) is 47.4 Å². The van der Waals surface area contributed by atoms with E-state index in [0.717, 1.165) is 16.3 Å². The first kappa shape index (κ1) is 22.6. The first-order valence-corrected chi connectivity index (χ1v) is 10.5. The Hall–Kier alpha value is -2.71. The SMILES string of the molecule is CCc1ccc(C(=O)[C@@H](C)OC(=O)c2ccc(OC)c(S(=O)(=O)N(C)C)c2)cc1. The summed E-state index contributed by atoms with van der Waals surface area (Å²) in [6, 6.07) is 11.0. The van der Waals surface area contributed by atoms with Gasteiger partial charge in [-0.25, -0.2) is 17.5 Å². The zero-order valence-electron chi connectivity index (χ0n) is 17.1. The maximum Gasteiger partial charge on any atom is 0.338 e. The molecule has 0 aliphatic carbocycles. The van der Waals surface area contributed by atoms with Crippen LogP contribution in [0.2, 0.25) is 0 Å². The van der Waals surface area contributed by atoms with Crippen molar-refractivity contribution in [3.8, 4) is 5.75 Å². The normalized spacial score (nSPS) is 12.5. The van der Waals surface area contributed by atoms with Crippen LogP contribution in [0.25, 0.3) is 0 Å². The standard InChI is InChI=1S/C21H25NO6S/c1-6-15-7-9-16(10-8-15)20(23)14(2)28-21(24)17-11-12-18(27-5)19(13-17)29(25,26)22(3)4/h7-14H,6H2,1-5H3/t14-/m1/s1. The third kappa shape index (κ3) is 5.02. The number of nitrogens with zero attached hydrogens (tertiary/aromatic N) is 1. The van der Waals surface area contributed by atoms with E-state index in [0.29, 0.717) is 5.56 Å². The second kappa shape index (κ2) is 9.19.